The SMILES string of the molecule is CC[C@H](NC(=O)c1ccc2c(c1)C(=CNc1ccc(CN3CCCCC3)cc1)C(=O)N2)c1ccccc1. The molecule has 1 fully saturated rings. The maximum atomic E-state index is 13.1. The molecule has 37 heavy (non-hydrogen) atoms. The quantitative estimate of drug-likeness (QED) is 0.338. The molecule has 0 aromatic heterocycles. The summed E-state index contributed by atoms with van der Waals surface area (Å²) in [6, 6.07) is 23.6. The van der Waals surface area contributed by atoms with Crippen molar-refractivity contribution in [2.75, 3.05) is 23.7 Å². The second kappa shape index (κ2) is 11.4. The van der Waals surface area contributed by atoms with Crippen molar-refractivity contribution in [1.29, 1.82) is 0 Å². The zero-order valence-corrected chi connectivity index (χ0v) is 21.3. The number of carbonyl (C=O) groups excluding carboxylic acids is 2. The summed E-state index contributed by atoms with van der Waals surface area (Å²) < 4.78 is 0. The van der Waals surface area contributed by atoms with E-state index in [0.717, 1.165) is 29.8 Å². The molecule has 3 N–H and O–H groups in total. The summed E-state index contributed by atoms with van der Waals surface area (Å²) in [5.41, 5.74) is 5.75. The smallest absolute Gasteiger partial charge is 0.257 e. The van der Waals surface area contributed by atoms with Crippen molar-refractivity contribution in [3.63, 3.8) is 0 Å². The highest BCUT2D eigenvalue weighted by Gasteiger charge is 2.26. The average Bonchev–Trinajstić information content (AvgIpc) is 3.26. The third-order valence-electron chi connectivity index (χ3n) is 7.17. The Labute approximate surface area is 218 Å². The summed E-state index contributed by atoms with van der Waals surface area (Å²) >= 11 is 0. The average molecular weight is 495 g/mol. The summed E-state index contributed by atoms with van der Waals surface area (Å²) in [5.74, 6) is -0.341. The van der Waals surface area contributed by atoms with Gasteiger partial charge in [-0.1, -0.05) is 55.8 Å². The van der Waals surface area contributed by atoms with Gasteiger partial charge in [0.05, 0.1) is 11.6 Å². The lowest BCUT2D eigenvalue weighted by Gasteiger charge is -2.26. The number of anilines is 2. The van der Waals surface area contributed by atoms with E-state index in [9.17, 15) is 9.59 Å². The van der Waals surface area contributed by atoms with Gasteiger partial charge in [-0.05, 0) is 73.8 Å². The minimum atomic E-state index is -0.183. The van der Waals surface area contributed by atoms with Gasteiger partial charge in [-0.2, -0.15) is 0 Å². The number of amides is 2. The third kappa shape index (κ3) is 5.92. The van der Waals surface area contributed by atoms with Gasteiger partial charge in [-0.25, -0.2) is 0 Å². The minimum absolute atomic E-state index is 0.0729. The first kappa shape index (κ1) is 24.8. The molecule has 0 saturated carbocycles. The number of rotatable bonds is 8. The number of carbonyl (C=O) groups is 2. The van der Waals surface area contributed by atoms with E-state index in [1.165, 1.54) is 37.9 Å². The highest BCUT2D eigenvalue weighted by Crippen LogP contribution is 2.33. The molecule has 1 atom stereocenters. The fourth-order valence-corrected chi connectivity index (χ4v) is 5.06. The van der Waals surface area contributed by atoms with E-state index in [1.54, 1.807) is 24.4 Å². The van der Waals surface area contributed by atoms with Crippen LogP contribution in [0.25, 0.3) is 5.57 Å². The van der Waals surface area contributed by atoms with Gasteiger partial charge in [-0.15, -0.1) is 0 Å². The number of piperidine rings is 1. The van der Waals surface area contributed by atoms with Gasteiger partial charge in [-0.3, -0.25) is 14.5 Å². The molecular formula is C31H34N4O2. The standard InChI is InChI=1S/C31H34N4O2/c1-2-28(23-9-5-3-6-10-23)33-30(36)24-13-16-29-26(19-24)27(31(37)34-29)20-32-25-14-11-22(12-15-25)21-35-17-7-4-8-18-35/h3,5-6,9-16,19-20,28,32H,2,4,7-8,17-18,21H2,1H3,(H,33,36)(H,34,37)/t28-/m0/s1. The first-order valence-electron chi connectivity index (χ1n) is 13.2. The molecule has 5 rings (SSSR count). The summed E-state index contributed by atoms with van der Waals surface area (Å²) in [7, 11) is 0. The first-order valence-corrected chi connectivity index (χ1v) is 13.2. The minimum Gasteiger partial charge on any atom is -0.361 e. The largest absolute Gasteiger partial charge is 0.361 e. The molecule has 0 spiro atoms. The molecule has 0 aliphatic carbocycles. The van der Waals surface area contributed by atoms with Gasteiger partial charge in [0.15, 0.2) is 0 Å². The third-order valence-corrected chi connectivity index (χ3v) is 7.17. The van der Waals surface area contributed by atoms with Crippen LogP contribution in [0.5, 0.6) is 0 Å². The molecule has 0 radical (unpaired) electrons. The Hall–Kier alpha value is -3.90. The molecular weight excluding hydrogens is 460 g/mol. The number of fused-ring (bicyclic) bond motifs is 1. The molecule has 2 heterocycles. The van der Waals surface area contributed by atoms with Crippen molar-refractivity contribution in [3.05, 3.63) is 101 Å². The fourth-order valence-electron chi connectivity index (χ4n) is 5.06. The van der Waals surface area contributed by atoms with Gasteiger partial charge in [0.1, 0.15) is 0 Å². The number of hydrogen-bond acceptors (Lipinski definition) is 4. The van der Waals surface area contributed by atoms with Gasteiger partial charge < -0.3 is 16.0 Å². The number of benzene rings is 3. The first-order chi connectivity index (χ1) is 18.1. The fraction of sp³-hybridized carbons (Fsp3) is 0.290. The Balaban J connectivity index is 1.27. The zero-order valence-electron chi connectivity index (χ0n) is 21.3. The Morgan fingerprint density at radius 2 is 1.76 bits per heavy atom. The monoisotopic (exact) mass is 494 g/mol. The summed E-state index contributed by atoms with van der Waals surface area (Å²) in [6.07, 6.45) is 6.41. The molecule has 6 heteroatoms. The van der Waals surface area contributed by atoms with Crippen LogP contribution in [0.1, 0.15) is 65.7 Å². The molecule has 2 amide bonds. The van der Waals surface area contributed by atoms with Gasteiger partial charge in [0, 0.05) is 35.2 Å². The van der Waals surface area contributed by atoms with E-state index in [0.29, 0.717) is 16.8 Å². The molecule has 2 aliphatic heterocycles. The van der Waals surface area contributed by atoms with E-state index in [1.807, 2.05) is 42.5 Å². The lowest BCUT2D eigenvalue weighted by molar-refractivity contribution is -0.110. The second-order valence-electron chi connectivity index (χ2n) is 9.80. The molecule has 0 bridgehead atoms. The van der Waals surface area contributed by atoms with Crippen molar-refractivity contribution in [1.82, 2.24) is 10.2 Å². The molecule has 1 saturated heterocycles. The predicted molar refractivity (Wildman–Crippen MR) is 149 cm³/mol. The number of hydrogen-bond donors (Lipinski definition) is 3. The van der Waals surface area contributed by atoms with Gasteiger partial charge >= 0.3 is 0 Å². The van der Waals surface area contributed by atoms with Crippen LogP contribution in [0, 0.1) is 0 Å². The summed E-state index contributed by atoms with van der Waals surface area (Å²) in [4.78, 5) is 28.3. The van der Waals surface area contributed by atoms with Crippen LogP contribution in [0.3, 0.4) is 0 Å². The maximum Gasteiger partial charge on any atom is 0.257 e. The normalized spacial score (nSPS) is 17.2. The molecule has 6 nitrogen and oxygen atoms in total. The van der Waals surface area contributed by atoms with Crippen molar-refractivity contribution in [3.8, 4) is 0 Å². The lowest BCUT2D eigenvalue weighted by atomic mass is 10.0. The van der Waals surface area contributed by atoms with E-state index in [-0.39, 0.29) is 17.9 Å². The molecule has 2 aliphatic rings. The lowest BCUT2D eigenvalue weighted by Crippen LogP contribution is -2.29. The summed E-state index contributed by atoms with van der Waals surface area (Å²) in [6.45, 7) is 5.37. The van der Waals surface area contributed by atoms with Gasteiger partial charge in [0.2, 0.25) is 0 Å². The number of likely N-dealkylation sites (tertiary alicyclic amines) is 1. The number of nitrogens with one attached hydrogen (secondary N) is 3. The van der Waals surface area contributed by atoms with E-state index in [4.69, 9.17) is 0 Å². The van der Waals surface area contributed by atoms with E-state index >= 15 is 0 Å². The summed E-state index contributed by atoms with van der Waals surface area (Å²) in [5, 5.41) is 9.29. The highest BCUT2D eigenvalue weighted by molar-refractivity contribution is 6.32. The molecule has 3 aromatic carbocycles. The zero-order chi connectivity index (χ0) is 25.6. The Morgan fingerprint density at radius 1 is 1.00 bits per heavy atom. The molecule has 190 valence electrons. The highest BCUT2D eigenvalue weighted by atomic mass is 16.2. The van der Waals surface area contributed by atoms with Crippen LogP contribution in [-0.2, 0) is 11.3 Å². The van der Waals surface area contributed by atoms with E-state index in [2.05, 4.69) is 39.9 Å². The van der Waals surface area contributed by atoms with Crippen LogP contribution in [-0.4, -0.2) is 29.8 Å². The van der Waals surface area contributed by atoms with Crippen molar-refractivity contribution >= 4 is 28.8 Å². The van der Waals surface area contributed by atoms with Crippen LogP contribution < -0.4 is 16.0 Å². The van der Waals surface area contributed by atoms with Crippen LogP contribution in [0.2, 0.25) is 0 Å². The van der Waals surface area contributed by atoms with Crippen LogP contribution in [0.15, 0.2) is 79.0 Å². The van der Waals surface area contributed by atoms with Crippen molar-refractivity contribution in [2.45, 2.75) is 45.2 Å². The van der Waals surface area contributed by atoms with Crippen molar-refractivity contribution < 1.29 is 9.59 Å². The molecule has 0 unspecified atom stereocenters. The van der Waals surface area contributed by atoms with Crippen LogP contribution in [0.4, 0.5) is 11.4 Å². The predicted octanol–water partition coefficient (Wildman–Crippen LogP) is 5.96. The Kier molecular flexibility index (Phi) is 7.66. The number of nitrogens with zero attached hydrogens (tertiary/aromatic N) is 1. The maximum absolute atomic E-state index is 13.1. The van der Waals surface area contributed by atoms with E-state index < -0.39 is 0 Å². The Morgan fingerprint density at radius 3 is 2.49 bits per heavy atom. The van der Waals surface area contributed by atoms with Gasteiger partial charge in [0.25, 0.3) is 11.8 Å². The van der Waals surface area contributed by atoms with Crippen molar-refractivity contribution in [2.24, 2.45) is 0 Å². The molecule has 3 aromatic rings. The second-order valence-corrected chi connectivity index (χ2v) is 9.80. The van der Waals surface area contributed by atoms with Crippen LogP contribution >= 0.6 is 0 Å². The Bertz CT molecular complexity index is 1280. The topological polar surface area (TPSA) is 73.5 Å².